The first-order valence-electron chi connectivity index (χ1n) is 11.0. The van der Waals surface area contributed by atoms with Crippen molar-refractivity contribution in [2.75, 3.05) is 18.9 Å². The van der Waals surface area contributed by atoms with Crippen LogP contribution in [0.1, 0.15) is 34.2 Å². The summed E-state index contributed by atoms with van der Waals surface area (Å²) in [5.41, 5.74) is 1.16. The number of aromatic nitrogens is 2. The van der Waals surface area contributed by atoms with Gasteiger partial charge in [-0.15, -0.1) is 0 Å². The summed E-state index contributed by atoms with van der Waals surface area (Å²) in [6.45, 7) is 0.743. The standard InChI is InChI=1S/C22H22F3N7O4/c1-11-5-16-14(9-31(11)22(35)28-13-3-4-15(23)12(6-13)7-26)19-21(34)30(2)36-17(10-32(19)29-16)20(33)27-8-18(24)25/h3-4,6,11,17-18H,5,8-10H2,1-2H3,(H,27,33)(H,28,35). The number of hydrogen-bond donors (Lipinski definition) is 2. The van der Waals surface area contributed by atoms with Crippen LogP contribution in [0.25, 0.3) is 0 Å². The largest absolute Gasteiger partial charge is 0.348 e. The quantitative estimate of drug-likeness (QED) is 0.649. The number of nitrogens with zero attached hydrogens (tertiary/aromatic N) is 5. The lowest BCUT2D eigenvalue weighted by molar-refractivity contribution is -0.168. The van der Waals surface area contributed by atoms with Crippen LogP contribution < -0.4 is 10.6 Å². The summed E-state index contributed by atoms with van der Waals surface area (Å²) in [6, 6.07) is 4.47. The zero-order valence-corrected chi connectivity index (χ0v) is 19.3. The van der Waals surface area contributed by atoms with Crippen molar-refractivity contribution in [1.29, 1.82) is 5.26 Å². The fourth-order valence-corrected chi connectivity index (χ4v) is 4.12. The third-order valence-corrected chi connectivity index (χ3v) is 5.92. The summed E-state index contributed by atoms with van der Waals surface area (Å²) in [5.74, 6) is -2.14. The number of urea groups is 1. The fourth-order valence-electron chi connectivity index (χ4n) is 4.12. The molecular weight excluding hydrogens is 483 g/mol. The van der Waals surface area contributed by atoms with Crippen molar-refractivity contribution in [2.24, 2.45) is 0 Å². The maximum atomic E-state index is 13.6. The zero-order valence-electron chi connectivity index (χ0n) is 19.3. The molecule has 190 valence electrons. The Bertz CT molecular complexity index is 1260. The van der Waals surface area contributed by atoms with Gasteiger partial charge in [0.25, 0.3) is 18.2 Å². The minimum Gasteiger partial charge on any atom is -0.348 e. The molecule has 0 fully saturated rings. The van der Waals surface area contributed by atoms with Gasteiger partial charge in [0.05, 0.1) is 30.9 Å². The molecule has 4 amide bonds. The second-order valence-corrected chi connectivity index (χ2v) is 8.41. The minimum absolute atomic E-state index is 0.00575. The Morgan fingerprint density at radius 1 is 1.36 bits per heavy atom. The van der Waals surface area contributed by atoms with Crippen LogP contribution in [0.2, 0.25) is 0 Å². The van der Waals surface area contributed by atoms with E-state index in [1.807, 2.05) is 0 Å². The molecule has 2 aliphatic rings. The molecule has 0 saturated carbocycles. The van der Waals surface area contributed by atoms with Gasteiger partial charge in [0, 0.05) is 30.8 Å². The van der Waals surface area contributed by atoms with Gasteiger partial charge < -0.3 is 15.5 Å². The number of carbonyl (C=O) groups is 3. The minimum atomic E-state index is -2.74. The van der Waals surface area contributed by atoms with Crippen LogP contribution >= 0.6 is 0 Å². The van der Waals surface area contributed by atoms with Crippen molar-refractivity contribution < 1.29 is 32.4 Å². The van der Waals surface area contributed by atoms with Gasteiger partial charge in [0.1, 0.15) is 17.6 Å². The number of hydroxylamine groups is 2. The molecule has 1 aromatic carbocycles. The van der Waals surface area contributed by atoms with E-state index in [2.05, 4.69) is 15.7 Å². The Morgan fingerprint density at radius 2 is 2.11 bits per heavy atom. The van der Waals surface area contributed by atoms with Crippen LogP contribution in [0, 0.1) is 17.1 Å². The SMILES string of the molecule is CC1Cc2nn3c(c2CN1C(=O)Nc1ccc(F)c(C#N)c1)C(=O)N(C)OC(C(=O)NCC(F)F)C3. The number of amides is 4. The van der Waals surface area contributed by atoms with Crippen molar-refractivity contribution in [3.63, 3.8) is 0 Å². The predicted octanol–water partition coefficient (Wildman–Crippen LogP) is 1.64. The van der Waals surface area contributed by atoms with Gasteiger partial charge in [0.2, 0.25) is 0 Å². The average Bonchev–Trinajstić information content (AvgIpc) is 3.12. The van der Waals surface area contributed by atoms with Gasteiger partial charge in [-0.25, -0.2) is 23.0 Å². The lowest BCUT2D eigenvalue weighted by Crippen LogP contribution is -2.45. The second-order valence-electron chi connectivity index (χ2n) is 8.41. The molecule has 4 rings (SSSR count). The molecule has 2 atom stereocenters. The highest BCUT2D eigenvalue weighted by Crippen LogP contribution is 2.29. The predicted molar refractivity (Wildman–Crippen MR) is 117 cm³/mol. The molecule has 0 spiro atoms. The number of nitriles is 1. The van der Waals surface area contributed by atoms with Gasteiger partial charge in [-0.3, -0.25) is 19.1 Å². The number of fused-ring (bicyclic) bond motifs is 3. The number of rotatable bonds is 4. The molecule has 0 aliphatic carbocycles. The van der Waals surface area contributed by atoms with E-state index in [0.717, 1.165) is 11.1 Å². The van der Waals surface area contributed by atoms with Crippen LogP contribution in [0.15, 0.2) is 18.2 Å². The van der Waals surface area contributed by atoms with Crippen LogP contribution in [-0.4, -0.2) is 69.8 Å². The van der Waals surface area contributed by atoms with E-state index in [0.29, 0.717) is 17.7 Å². The summed E-state index contributed by atoms with van der Waals surface area (Å²) in [4.78, 5) is 45.3. The lowest BCUT2D eigenvalue weighted by Gasteiger charge is -2.33. The molecule has 0 bridgehead atoms. The smallest absolute Gasteiger partial charge is 0.322 e. The van der Waals surface area contributed by atoms with Crippen molar-refractivity contribution in [3.8, 4) is 6.07 Å². The van der Waals surface area contributed by atoms with Crippen molar-refractivity contribution in [2.45, 2.75) is 45.0 Å². The molecule has 2 aliphatic heterocycles. The van der Waals surface area contributed by atoms with Crippen LogP contribution in [0.5, 0.6) is 0 Å². The van der Waals surface area contributed by atoms with Crippen molar-refractivity contribution in [1.82, 2.24) is 25.1 Å². The van der Waals surface area contributed by atoms with Crippen LogP contribution in [-0.2, 0) is 29.1 Å². The maximum Gasteiger partial charge on any atom is 0.322 e. The van der Waals surface area contributed by atoms with E-state index >= 15 is 0 Å². The molecule has 2 aromatic rings. The fraction of sp³-hybridized carbons (Fsp3) is 0.409. The molecule has 0 radical (unpaired) electrons. The Hall–Kier alpha value is -4.12. The molecule has 0 saturated heterocycles. The summed E-state index contributed by atoms with van der Waals surface area (Å²) >= 11 is 0. The molecular formula is C22H22F3N7O4. The highest BCUT2D eigenvalue weighted by Gasteiger charge is 2.39. The number of anilines is 1. The molecule has 14 heteroatoms. The summed E-state index contributed by atoms with van der Waals surface area (Å²) in [7, 11) is 1.29. The Labute approximate surface area is 203 Å². The topological polar surface area (TPSA) is 133 Å². The van der Waals surface area contributed by atoms with Gasteiger partial charge in [-0.2, -0.15) is 10.4 Å². The summed E-state index contributed by atoms with van der Waals surface area (Å²) < 4.78 is 39.9. The zero-order chi connectivity index (χ0) is 26.1. The van der Waals surface area contributed by atoms with Gasteiger partial charge >= 0.3 is 6.03 Å². The first-order valence-corrected chi connectivity index (χ1v) is 11.0. The van der Waals surface area contributed by atoms with Crippen LogP contribution in [0.4, 0.5) is 23.7 Å². The third kappa shape index (κ3) is 4.82. The highest BCUT2D eigenvalue weighted by atomic mass is 19.3. The third-order valence-electron chi connectivity index (χ3n) is 5.92. The van der Waals surface area contributed by atoms with Crippen molar-refractivity contribution in [3.05, 3.63) is 46.5 Å². The molecule has 2 N–H and O–H groups in total. The lowest BCUT2D eigenvalue weighted by atomic mass is 9.99. The maximum absolute atomic E-state index is 13.6. The second kappa shape index (κ2) is 9.86. The summed E-state index contributed by atoms with van der Waals surface area (Å²) in [6.07, 6.45) is -3.72. The monoisotopic (exact) mass is 505 g/mol. The molecule has 11 nitrogen and oxygen atoms in total. The van der Waals surface area contributed by atoms with E-state index < -0.39 is 42.7 Å². The Kier molecular flexibility index (Phi) is 6.84. The van der Waals surface area contributed by atoms with E-state index in [1.165, 1.54) is 28.8 Å². The van der Waals surface area contributed by atoms with E-state index in [9.17, 15) is 27.6 Å². The molecule has 1 aromatic heterocycles. The molecule has 36 heavy (non-hydrogen) atoms. The molecule has 3 heterocycles. The first kappa shape index (κ1) is 25.0. The number of nitrogens with one attached hydrogen (secondary N) is 2. The van der Waals surface area contributed by atoms with Gasteiger partial charge in [-0.1, -0.05) is 0 Å². The van der Waals surface area contributed by atoms with Gasteiger partial charge in [-0.05, 0) is 25.1 Å². The van der Waals surface area contributed by atoms with E-state index in [4.69, 9.17) is 10.1 Å². The first-order chi connectivity index (χ1) is 17.1. The molecule has 2 unspecified atom stereocenters. The normalized spacial score (nSPS) is 19.3. The average molecular weight is 505 g/mol. The number of hydrogen-bond acceptors (Lipinski definition) is 6. The number of benzene rings is 1. The van der Waals surface area contributed by atoms with E-state index in [-0.39, 0.29) is 36.1 Å². The Balaban J connectivity index is 1.57. The number of carbonyl (C=O) groups excluding carboxylic acids is 3. The van der Waals surface area contributed by atoms with Crippen molar-refractivity contribution >= 4 is 23.5 Å². The van der Waals surface area contributed by atoms with Gasteiger partial charge in [0.15, 0.2) is 6.10 Å². The van der Waals surface area contributed by atoms with E-state index in [1.54, 1.807) is 13.0 Å². The Morgan fingerprint density at radius 3 is 2.81 bits per heavy atom. The number of alkyl halides is 2. The van der Waals surface area contributed by atoms with Crippen LogP contribution in [0.3, 0.4) is 0 Å². The number of halogens is 3. The summed E-state index contributed by atoms with van der Waals surface area (Å²) in [5, 5.41) is 19.0. The highest BCUT2D eigenvalue weighted by molar-refractivity contribution is 5.95.